The van der Waals surface area contributed by atoms with E-state index in [2.05, 4.69) is 123 Å². The van der Waals surface area contributed by atoms with Crippen molar-refractivity contribution in [3.05, 3.63) is 57.6 Å². The van der Waals surface area contributed by atoms with Crippen molar-refractivity contribution in [1.29, 1.82) is 0 Å². The third-order valence-electron chi connectivity index (χ3n) is 7.10. The summed E-state index contributed by atoms with van der Waals surface area (Å²) in [5, 5.41) is 11.1. The van der Waals surface area contributed by atoms with E-state index in [1.54, 1.807) is 0 Å². The van der Waals surface area contributed by atoms with E-state index in [1.165, 1.54) is 44.8 Å². The van der Waals surface area contributed by atoms with Crippen LogP contribution < -0.4 is 49.9 Å². The Morgan fingerprint density at radius 1 is 0.564 bits per heavy atom. The first kappa shape index (κ1) is 40.6. The Morgan fingerprint density at radius 3 is 1.46 bits per heavy atom. The van der Waals surface area contributed by atoms with E-state index in [9.17, 15) is 0 Å². The van der Waals surface area contributed by atoms with Crippen LogP contribution in [0.1, 0.15) is 152 Å². The van der Waals surface area contributed by atoms with Crippen molar-refractivity contribution in [2.45, 2.75) is 119 Å². The second-order valence-corrected chi connectivity index (χ2v) is 12.3. The van der Waals surface area contributed by atoms with E-state index < -0.39 is 0 Å². The minimum Gasteiger partial charge on any atom is -1.00 e. The normalized spacial score (nSPS) is 11.2. The standard InChI is InChI=1S/C33H54N3.2BrH.Co/c1-20(2)26-15-28(22(5)6)32(29(16-26)23(7)8)35-14-13-34-19-36-33-30(24(9)10)17-27(21(3)4)18-31(33)25(11)12;;;/h15-17,20-25,34-36H,13-14,19H2,1-12H3;2*1H;/q-1;;;+3/p-2. The third kappa shape index (κ3) is 11.3. The van der Waals surface area contributed by atoms with Crippen molar-refractivity contribution in [3.8, 4) is 0 Å². The van der Waals surface area contributed by atoms with E-state index in [-0.39, 0.29) is 50.7 Å². The van der Waals surface area contributed by atoms with Crippen LogP contribution in [0.3, 0.4) is 0 Å². The van der Waals surface area contributed by atoms with E-state index in [0.717, 1.165) is 19.8 Å². The Labute approximate surface area is 272 Å². The Balaban J connectivity index is 0. The molecule has 0 aliphatic carbocycles. The molecule has 2 aromatic rings. The van der Waals surface area contributed by atoms with Gasteiger partial charge in [0.1, 0.15) is 0 Å². The molecule has 0 aromatic heterocycles. The van der Waals surface area contributed by atoms with Crippen molar-refractivity contribution >= 4 is 11.4 Å². The molecule has 0 spiro atoms. The number of nitrogens with one attached hydrogen (secondary N) is 3. The molecule has 3 nitrogen and oxygen atoms in total. The van der Waals surface area contributed by atoms with Crippen molar-refractivity contribution in [1.82, 2.24) is 5.32 Å². The Hall–Kier alpha value is -0.534. The van der Waals surface area contributed by atoms with Gasteiger partial charge in [0.2, 0.25) is 0 Å². The number of hydrogen-bond acceptors (Lipinski definition) is 3. The monoisotopic (exact) mass is 709 g/mol. The molecule has 39 heavy (non-hydrogen) atoms. The van der Waals surface area contributed by atoms with Crippen LogP contribution in [-0.2, 0) is 16.8 Å². The number of halogens is 2. The maximum Gasteiger partial charge on any atom is 3.00 e. The topological polar surface area (TPSA) is 36.1 Å². The zero-order valence-electron chi connectivity index (χ0n) is 26.4. The Kier molecular flexibility index (Phi) is 19.6. The van der Waals surface area contributed by atoms with Crippen LogP contribution in [0.2, 0.25) is 0 Å². The van der Waals surface area contributed by atoms with Crippen molar-refractivity contribution in [3.63, 3.8) is 0 Å². The van der Waals surface area contributed by atoms with Gasteiger partial charge in [0, 0.05) is 18.8 Å². The summed E-state index contributed by atoms with van der Waals surface area (Å²) in [7, 11) is 0. The molecule has 2 rings (SSSR count). The molecule has 0 atom stereocenters. The van der Waals surface area contributed by atoms with Crippen molar-refractivity contribution in [2.24, 2.45) is 0 Å². The quantitative estimate of drug-likeness (QED) is 0.170. The third-order valence-corrected chi connectivity index (χ3v) is 7.10. The maximum absolute atomic E-state index is 3.79. The molecule has 0 fully saturated rings. The predicted molar refractivity (Wildman–Crippen MR) is 161 cm³/mol. The van der Waals surface area contributed by atoms with E-state index in [0.29, 0.717) is 35.5 Å². The number of benzene rings is 2. The summed E-state index contributed by atoms with van der Waals surface area (Å²) >= 11 is 0. The van der Waals surface area contributed by atoms with Gasteiger partial charge in [-0.25, -0.2) is 0 Å². The molecule has 0 saturated heterocycles. The van der Waals surface area contributed by atoms with Crippen LogP contribution >= 0.6 is 0 Å². The Morgan fingerprint density at radius 2 is 1.05 bits per heavy atom. The molecule has 0 bridgehead atoms. The summed E-state index contributed by atoms with van der Waals surface area (Å²) in [6.07, 6.45) is 0. The first-order chi connectivity index (χ1) is 16.8. The molecule has 0 radical (unpaired) electrons. The summed E-state index contributed by atoms with van der Waals surface area (Å²) < 4.78 is 0. The van der Waals surface area contributed by atoms with Crippen LogP contribution in [0.15, 0.2) is 18.2 Å². The van der Waals surface area contributed by atoms with Crippen molar-refractivity contribution in [2.75, 3.05) is 30.4 Å². The molecule has 3 N–H and O–H groups in total. The molecule has 0 heterocycles. The summed E-state index contributed by atoms with van der Waals surface area (Å²) in [4.78, 5) is 0. The van der Waals surface area contributed by atoms with Gasteiger partial charge in [-0.05, 0) is 52.2 Å². The molecule has 2 aromatic carbocycles. The van der Waals surface area contributed by atoms with Gasteiger partial charge in [0.15, 0.2) is 0 Å². The van der Waals surface area contributed by atoms with Crippen LogP contribution in [0, 0.1) is 6.07 Å². The molecule has 0 saturated carbocycles. The maximum atomic E-state index is 3.79. The summed E-state index contributed by atoms with van der Waals surface area (Å²) in [5.41, 5.74) is 10.9. The summed E-state index contributed by atoms with van der Waals surface area (Å²) in [5.74, 6) is 2.92. The fraction of sp³-hybridized carbons (Fsp3) is 0.636. The first-order valence-electron chi connectivity index (χ1n) is 14.3. The average Bonchev–Trinajstić information content (AvgIpc) is 2.79. The van der Waals surface area contributed by atoms with Gasteiger partial charge in [0.25, 0.3) is 0 Å². The van der Waals surface area contributed by atoms with Crippen LogP contribution in [0.25, 0.3) is 0 Å². The second kappa shape index (κ2) is 18.8. The number of anilines is 2. The smallest absolute Gasteiger partial charge is 1.00 e. The zero-order chi connectivity index (χ0) is 27.2. The van der Waals surface area contributed by atoms with Crippen LogP contribution in [-0.4, -0.2) is 19.8 Å². The molecule has 6 heteroatoms. The van der Waals surface area contributed by atoms with Gasteiger partial charge in [-0.2, -0.15) is 17.7 Å². The Bertz CT molecular complexity index is 847. The molecule has 0 amide bonds. The van der Waals surface area contributed by atoms with E-state index >= 15 is 0 Å². The van der Waals surface area contributed by atoms with Gasteiger partial charge in [-0.15, -0.1) is 11.1 Å². The molecule has 0 aliphatic heterocycles. The van der Waals surface area contributed by atoms with E-state index in [4.69, 9.17) is 0 Å². The van der Waals surface area contributed by atoms with Gasteiger partial charge in [-0.1, -0.05) is 101 Å². The van der Waals surface area contributed by atoms with Crippen LogP contribution in [0.5, 0.6) is 0 Å². The zero-order valence-corrected chi connectivity index (χ0v) is 30.6. The van der Waals surface area contributed by atoms with Gasteiger partial charge in [-0.3, -0.25) is 5.32 Å². The fourth-order valence-electron chi connectivity index (χ4n) is 4.72. The van der Waals surface area contributed by atoms with Gasteiger partial charge < -0.3 is 44.6 Å². The van der Waals surface area contributed by atoms with Crippen LogP contribution in [0.4, 0.5) is 11.4 Å². The SMILES string of the molecule is CC(C)c1[c-]c(C(C)C)c(NCNCCNc2c(C(C)C)cc(C(C)C)cc2C(C)C)c(C(C)C)c1.[Br-].[Br-].[Co+3]. The largest absolute Gasteiger partial charge is 3.00 e. The minimum absolute atomic E-state index is 0. The summed E-state index contributed by atoms with van der Waals surface area (Å²) in [6.45, 7) is 30.0. The minimum atomic E-state index is 0. The molecular weight excluding hydrogens is 657 g/mol. The predicted octanol–water partition coefficient (Wildman–Crippen LogP) is 3.30. The average molecular weight is 712 g/mol. The van der Waals surface area contributed by atoms with E-state index in [1.807, 2.05) is 0 Å². The van der Waals surface area contributed by atoms with Gasteiger partial charge in [0.05, 0.1) is 6.67 Å². The second-order valence-electron chi connectivity index (χ2n) is 12.3. The van der Waals surface area contributed by atoms with Crippen molar-refractivity contribution < 1.29 is 50.7 Å². The number of hydrogen-bond donors (Lipinski definition) is 3. The molecule has 0 unspecified atom stereocenters. The molecular formula is C33H54Br2CoN3. The molecule has 224 valence electrons. The number of rotatable bonds is 13. The fourth-order valence-corrected chi connectivity index (χ4v) is 4.72. The van der Waals surface area contributed by atoms with Gasteiger partial charge >= 0.3 is 16.8 Å². The first-order valence-corrected chi connectivity index (χ1v) is 14.3. The summed E-state index contributed by atoms with van der Waals surface area (Å²) in [6, 6.07) is 10.9. The molecule has 0 aliphatic rings.